The minimum atomic E-state index is -0.997. The van der Waals surface area contributed by atoms with Gasteiger partial charge in [0.15, 0.2) is 6.10 Å². The normalized spacial score (nSPS) is 30.7. The lowest BCUT2D eigenvalue weighted by atomic mass is 9.96. The molecule has 1 aliphatic heterocycles. The third kappa shape index (κ3) is 1.94. The van der Waals surface area contributed by atoms with Gasteiger partial charge in [-0.05, 0) is 19.5 Å². The molecule has 0 saturated carbocycles. The molecule has 0 aromatic heterocycles. The minimum absolute atomic E-state index is 0.0175. The van der Waals surface area contributed by atoms with E-state index in [9.17, 15) is 9.90 Å². The SMILES string of the molecule is C[C@@H]1N(C)C(=O)[C@H](O)[C@@H](c2ccccc2)N1C. The van der Waals surface area contributed by atoms with Crippen molar-refractivity contribution in [3.8, 4) is 0 Å². The molecule has 92 valence electrons. The van der Waals surface area contributed by atoms with Crippen LogP contribution in [0.1, 0.15) is 18.5 Å². The van der Waals surface area contributed by atoms with Crippen molar-refractivity contribution >= 4 is 5.91 Å². The van der Waals surface area contributed by atoms with E-state index in [0.29, 0.717) is 0 Å². The van der Waals surface area contributed by atoms with Crippen molar-refractivity contribution in [3.05, 3.63) is 35.9 Å². The number of hydrogen-bond acceptors (Lipinski definition) is 3. The highest BCUT2D eigenvalue weighted by Gasteiger charge is 2.41. The zero-order valence-corrected chi connectivity index (χ0v) is 10.4. The zero-order chi connectivity index (χ0) is 12.6. The fraction of sp³-hybridized carbons (Fsp3) is 0.462. The van der Waals surface area contributed by atoms with E-state index in [1.807, 2.05) is 49.2 Å². The average molecular weight is 234 g/mol. The van der Waals surface area contributed by atoms with E-state index in [4.69, 9.17) is 0 Å². The second kappa shape index (κ2) is 4.47. The Labute approximate surface area is 101 Å². The highest BCUT2D eigenvalue weighted by molar-refractivity contribution is 5.82. The van der Waals surface area contributed by atoms with E-state index in [1.54, 1.807) is 11.9 Å². The van der Waals surface area contributed by atoms with Gasteiger partial charge in [-0.2, -0.15) is 0 Å². The van der Waals surface area contributed by atoms with Crippen LogP contribution in [0.5, 0.6) is 0 Å². The van der Waals surface area contributed by atoms with Crippen molar-refractivity contribution in [2.45, 2.75) is 25.2 Å². The van der Waals surface area contributed by atoms with Crippen LogP contribution >= 0.6 is 0 Å². The van der Waals surface area contributed by atoms with Crippen molar-refractivity contribution in [2.24, 2.45) is 0 Å². The van der Waals surface area contributed by atoms with E-state index in [-0.39, 0.29) is 18.1 Å². The molecule has 1 aromatic carbocycles. The molecule has 4 heteroatoms. The number of benzene rings is 1. The van der Waals surface area contributed by atoms with E-state index in [0.717, 1.165) is 5.56 Å². The van der Waals surface area contributed by atoms with Gasteiger partial charge in [0, 0.05) is 7.05 Å². The number of hydrogen-bond donors (Lipinski definition) is 1. The molecule has 0 unspecified atom stereocenters. The van der Waals surface area contributed by atoms with Gasteiger partial charge in [0.2, 0.25) is 0 Å². The Hall–Kier alpha value is -1.39. The van der Waals surface area contributed by atoms with Crippen molar-refractivity contribution in [2.75, 3.05) is 14.1 Å². The smallest absolute Gasteiger partial charge is 0.254 e. The molecule has 1 aliphatic rings. The first-order chi connectivity index (χ1) is 8.04. The first-order valence-electron chi connectivity index (χ1n) is 5.75. The number of aliphatic hydroxyl groups is 1. The number of nitrogens with zero attached hydrogens (tertiary/aromatic N) is 2. The summed E-state index contributed by atoms with van der Waals surface area (Å²) < 4.78 is 0. The van der Waals surface area contributed by atoms with Crippen LogP contribution < -0.4 is 0 Å². The summed E-state index contributed by atoms with van der Waals surface area (Å²) in [6, 6.07) is 9.38. The third-order valence-corrected chi connectivity index (χ3v) is 3.63. The van der Waals surface area contributed by atoms with Crippen LogP contribution in [-0.4, -0.2) is 47.2 Å². The van der Waals surface area contributed by atoms with Crippen LogP contribution in [0.25, 0.3) is 0 Å². The van der Waals surface area contributed by atoms with Gasteiger partial charge in [0.1, 0.15) is 0 Å². The Bertz CT molecular complexity index is 407. The summed E-state index contributed by atoms with van der Waals surface area (Å²) in [4.78, 5) is 15.5. The molecule has 1 saturated heterocycles. The molecule has 0 aliphatic carbocycles. The van der Waals surface area contributed by atoms with E-state index in [1.165, 1.54) is 0 Å². The molecule has 1 amide bonds. The highest BCUT2D eigenvalue weighted by Crippen LogP contribution is 2.30. The second-order valence-corrected chi connectivity index (χ2v) is 4.55. The number of carbonyl (C=O) groups is 1. The Morgan fingerprint density at radius 1 is 1.18 bits per heavy atom. The summed E-state index contributed by atoms with van der Waals surface area (Å²) in [5, 5.41) is 10.1. The minimum Gasteiger partial charge on any atom is -0.381 e. The van der Waals surface area contributed by atoms with Crippen molar-refractivity contribution in [3.63, 3.8) is 0 Å². The third-order valence-electron chi connectivity index (χ3n) is 3.63. The lowest BCUT2D eigenvalue weighted by molar-refractivity contribution is -0.160. The van der Waals surface area contributed by atoms with E-state index >= 15 is 0 Å². The maximum atomic E-state index is 11.9. The first kappa shape index (κ1) is 12.1. The van der Waals surface area contributed by atoms with Crippen molar-refractivity contribution < 1.29 is 9.90 Å². The fourth-order valence-electron chi connectivity index (χ4n) is 2.32. The molecule has 1 N–H and O–H groups in total. The lowest BCUT2D eigenvalue weighted by Crippen LogP contribution is -2.59. The van der Waals surface area contributed by atoms with E-state index in [2.05, 4.69) is 0 Å². The standard InChI is InChI=1S/C13H18N2O2/c1-9-14(2)11(10-7-5-4-6-8-10)12(16)13(17)15(9)3/h4-9,11-12,16H,1-3H3/t9-,11+,12+/m0/s1. The highest BCUT2D eigenvalue weighted by atomic mass is 16.3. The Balaban J connectivity index is 2.36. The molecule has 0 spiro atoms. The van der Waals surface area contributed by atoms with Gasteiger partial charge in [-0.25, -0.2) is 0 Å². The first-order valence-corrected chi connectivity index (χ1v) is 5.75. The molecular weight excluding hydrogens is 216 g/mol. The zero-order valence-electron chi connectivity index (χ0n) is 10.4. The predicted molar refractivity (Wildman–Crippen MR) is 65.2 cm³/mol. The van der Waals surface area contributed by atoms with Gasteiger partial charge in [0.05, 0.1) is 12.2 Å². The maximum absolute atomic E-state index is 11.9. The van der Waals surface area contributed by atoms with Crippen molar-refractivity contribution in [1.29, 1.82) is 0 Å². The molecule has 17 heavy (non-hydrogen) atoms. The average Bonchev–Trinajstić information content (AvgIpc) is 2.36. The summed E-state index contributed by atoms with van der Waals surface area (Å²) in [5.74, 6) is -0.218. The summed E-state index contributed by atoms with van der Waals surface area (Å²) in [6.07, 6.45) is -1.01. The number of likely N-dealkylation sites (N-methyl/N-ethyl adjacent to an activating group) is 2. The maximum Gasteiger partial charge on any atom is 0.254 e. The summed E-state index contributed by atoms with van der Waals surface area (Å²) >= 11 is 0. The summed E-state index contributed by atoms with van der Waals surface area (Å²) in [6.45, 7) is 1.96. The molecule has 2 rings (SSSR count). The number of rotatable bonds is 1. The lowest BCUT2D eigenvalue weighted by Gasteiger charge is -2.45. The van der Waals surface area contributed by atoms with Gasteiger partial charge in [-0.3, -0.25) is 9.69 Å². The summed E-state index contributed by atoms with van der Waals surface area (Å²) in [5.41, 5.74) is 0.968. The number of aliphatic hydroxyl groups excluding tert-OH is 1. The van der Waals surface area contributed by atoms with E-state index < -0.39 is 6.10 Å². The largest absolute Gasteiger partial charge is 0.381 e. The monoisotopic (exact) mass is 234 g/mol. The molecule has 0 bridgehead atoms. The van der Waals surface area contributed by atoms with Crippen LogP contribution in [0, 0.1) is 0 Å². The van der Waals surface area contributed by atoms with Crippen LogP contribution in [0.4, 0.5) is 0 Å². The molecule has 1 fully saturated rings. The van der Waals surface area contributed by atoms with Gasteiger partial charge < -0.3 is 10.0 Å². The van der Waals surface area contributed by atoms with Crippen LogP contribution in [0.3, 0.4) is 0 Å². The quantitative estimate of drug-likeness (QED) is 0.783. The Morgan fingerprint density at radius 2 is 1.76 bits per heavy atom. The van der Waals surface area contributed by atoms with Gasteiger partial charge >= 0.3 is 0 Å². The number of amides is 1. The Kier molecular flexibility index (Phi) is 3.17. The Morgan fingerprint density at radius 3 is 2.35 bits per heavy atom. The number of carbonyl (C=O) groups excluding carboxylic acids is 1. The fourth-order valence-corrected chi connectivity index (χ4v) is 2.32. The molecule has 4 nitrogen and oxygen atoms in total. The van der Waals surface area contributed by atoms with Gasteiger partial charge in [-0.15, -0.1) is 0 Å². The molecule has 0 radical (unpaired) electrons. The molecule has 1 aromatic rings. The van der Waals surface area contributed by atoms with Gasteiger partial charge in [-0.1, -0.05) is 30.3 Å². The molecular formula is C13H18N2O2. The van der Waals surface area contributed by atoms with Crippen molar-refractivity contribution in [1.82, 2.24) is 9.80 Å². The second-order valence-electron chi connectivity index (χ2n) is 4.55. The molecule has 1 heterocycles. The van der Waals surface area contributed by atoms with Crippen LogP contribution in [0.15, 0.2) is 30.3 Å². The topological polar surface area (TPSA) is 43.8 Å². The molecule has 3 atom stereocenters. The summed E-state index contributed by atoms with van der Waals surface area (Å²) in [7, 11) is 3.64. The predicted octanol–water partition coefficient (Wildman–Crippen LogP) is 0.838. The van der Waals surface area contributed by atoms with Gasteiger partial charge in [0.25, 0.3) is 5.91 Å². The van der Waals surface area contributed by atoms with Crippen LogP contribution in [0.2, 0.25) is 0 Å². The van der Waals surface area contributed by atoms with Crippen LogP contribution in [-0.2, 0) is 4.79 Å².